The first-order valence-corrected chi connectivity index (χ1v) is 7.81. The second kappa shape index (κ2) is 8.57. The van der Waals surface area contributed by atoms with Crippen LogP contribution in [0.3, 0.4) is 0 Å². The predicted molar refractivity (Wildman–Crippen MR) is 85.6 cm³/mol. The highest BCUT2D eigenvalue weighted by molar-refractivity contribution is 5.82. The van der Waals surface area contributed by atoms with Gasteiger partial charge in [0.25, 0.3) is 0 Å². The minimum atomic E-state index is -0.880. The van der Waals surface area contributed by atoms with Gasteiger partial charge >= 0.3 is 11.9 Å². The molecule has 2 unspecified atom stereocenters. The van der Waals surface area contributed by atoms with E-state index in [0.29, 0.717) is 5.92 Å². The van der Waals surface area contributed by atoms with Crippen LogP contribution in [0.4, 0.5) is 0 Å². The summed E-state index contributed by atoms with van der Waals surface area (Å²) in [4.78, 5) is 23.6. The Morgan fingerprint density at radius 1 is 1.00 bits per heavy atom. The van der Waals surface area contributed by atoms with Crippen LogP contribution in [0.15, 0.2) is 24.3 Å². The Morgan fingerprint density at radius 2 is 1.59 bits per heavy atom. The standard InChI is InChI=1S/C18H26O4/c1-6-21-18(20)14(5)22-17(19)13(4)16-9-7-15(8-10-16)11-12(2)3/h7-10,12-14H,6,11H2,1-5H3. The molecule has 0 radical (unpaired) electrons. The molecule has 1 rings (SSSR count). The van der Waals surface area contributed by atoms with E-state index < -0.39 is 24.0 Å². The molecule has 22 heavy (non-hydrogen) atoms. The van der Waals surface area contributed by atoms with Crippen LogP contribution in [0, 0.1) is 5.92 Å². The molecule has 0 aliphatic carbocycles. The van der Waals surface area contributed by atoms with Gasteiger partial charge in [0.15, 0.2) is 6.10 Å². The molecule has 0 fully saturated rings. The smallest absolute Gasteiger partial charge is 0.347 e. The first-order chi connectivity index (χ1) is 10.3. The lowest BCUT2D eigenvalue weighted by Crippen LogP contribution is -2.28. The zero-order valence-corrected chi connectivity index (χ0v) is 14.1. The molecule has 0 heterocycles. The fourth-order valence-corrected chi connectivity index (χ4v) is 2.13. The van der Waals surface area contributed by atoms with Crippen molar-refractivity contribution in [1.82, 2.24) is 0 Å². The van der Waals surface area contributed by atoms with E-state index in [1.54, 1.807) is 13.8 Å². The van der Waals surface area contributed by atoms with E-state index in [-0.39, 0.29) is 6.61 Å². The Hall–Kier alpha value is -1.84. The highest BCUT2D eigenvalue weighted by Crippen LogP contribution is 2.19. The third-order valence-electron chi connectivity index (χ3n) is 3.39. The summed E-state index contributed by atoms with van der Waals surface area (Å²) in [5.74, 6) is -0.754. The van der Waals surface area contributed by atoms with Crippen LogP contribution in [-0.4, -0.2) is 24.6 Å². The van der Waals surface area contributed by atoms with Gasteiger partial charge in [0, 0.05) is 0 Å². The van der Waals surface area contributed by atoms with Crippen molar-refractivity contribution in [1.29, 1.82) is 0 Å². The average molecular weight is 306 g/mol. The molecule has 1 aromatic carbocycles. The van der Waals surface area contributed by atoms with Crippen LogP contribution < -0.4 is 0 Å². The number of esters is 2. The quantitative estimate of drug-likeness (QED) is 0.724. The van der Waals surface area contributed by atoms with Gasteiger partial charge in [0.1, 0.15) is 0 Å². The number of carbonyl (C=O) groups excluding carboxylic acids is 2. The number of hydrogen-bond acceptors (Lipinski definition) is 4. The topological polar surface area (TPSA) is 52.6 Å². The molecule has 0 N–H and O–H groups in total. The van der Waals surface area contributed by atoms with Gasteiger partial charge in [-0.2, -0.15) is 0 Å². The summed E-state index contributed by atoms with van der Waals surface area (Å²) < 4.78 is 9.99. The Labute approximate surface area is 132 Å². The van der Waals surface area contributed by atoms with E-state index in [0.717, 1.165) is 12.0 Å². The number of hydrogen-bond donors (Lipinski definition) is 0. The monoisotopic (exact) mass is 306 g/mol. The van der Waals surface area contributed by atoms with Crippen molar-refractivity contribution in [3.8, 4) is 0 Å². The first kappa shape index (κ1) is 18.2. The minimum Gasteiger partial charge on any atom is -0.463 e. The molecule has 0 amide bonds. The maximum atomic E-state index is 12.1. The summed E-state index contributed by atoms with van der Waals surface area (Å²) in [7, 11) is 0. The van der Waals surface area contributed by atoms with Crippen LogP contribution in [0.2, 0.25) is 0 Å². The first-order valence-electron chi connectivity index (χ1n) is 7.81. The second-order valence-electron chi connectivity index (χ2n) is 5.89. The Morgan fingerprint density at radius 3 is 2.09 bits per heavy atom. The van der Waals surface area contributed by atoms with E-state index in [9.17, 15) is 9.59 Å². The molecule has 0 spiro atoms. The normalized spacial score (nSPS) is 13.5. The number of rotatable bonds is 7. The lowest BCUT2D eigenvalue weighted by molar-refractivity contribution is -0.167. The zero-order valence-electron chi connectivity index (χ0n) is 14.1. The molecule has 0 bridgehead atoms. The summed E-state index contributed by atoms with van der Waals surface area (Å²) >= 11 is 0. The van der Waals surface area contributed by atoms with Crippen molar-refractivity contribution in [2.45, 2.75) is 53.1 Å². The van der Waals surface area contributed by atoms with Crippen molar-refractivity contribution >= 4 is 11.9 Å². The van der Waals surface area contributed by atoms with Crippen molar-refractivity contribution < 1.29 is 19.1 Å². The van der Waals surface area contributed by atoms with Crippen LogP contribution in [-0.2, 0) is 25.5 Å². The molecule has 0 saturated heterocycles. The van der Waals surface area contributed by atoms with Gasteiger partial charge in [-0.1, -0.05) is 38.1 Å². The van der Waals surface area contributed by atoms with Crippen molar-refractivity contribution in [3.63, 3.8) is 0 Å². The predicted octanol–water partition coefficient (Wildman–Crippen LogP) is 3.48. The van der Waals surface area contributed by atoms with Gasteiger partial charge in [-0.25, -0.2) is 4.79 Å². The average Bonchev–Trinajstić information content (AvgIpc) is 2.46. The molecule has 1 aromatic rings. The molecule has 122 valence electrons. The zero-order chi connectivity index (χ0) is 16.7. The highest BCUT2D eigenvalue weighted by Gasteiger charge is 2.23. The Balaban J connectivity index is 2.64. The molecule has 4 nitrogen and oxygen atoms in total. The highest BCUT2D eigenvalue weighted by atomic mass is 16.6. The van der Waals surface area contributed by atoms with Crippen LogP contribution in [0.25, 0.3) is 0 Å². The molecule has 0 aliphatic heterocycles. The van der Waals surface area contributed by atoms with Gasteiger partial charge in [0.2, 0.25) is 0 Å². The van der Waals surface area contributed by atoms with Gasteiger partial charge in [-0.15, -0.1) is 0 Å². The van der Waals surface area contributed by atoms with E-state index in [2.05, 4.69) is 13.8 Å². The maximum Gasteiger partial charge on any atom is 0.347 e. The number of carbonyl (C=O) groups is 2. The fraction of sp³-hybridized carbons (Fsp3) is 0.556. The second-order valence-corrected chi connectivity index (χ2v) is 5.89. The summed E-state index contributed by atoms with van der Waals surface area (Å²) in [5.41, 5.74) is 2.13. The van der Waals surface area contributed by atoms with E-state index >= 15 is 0 Å². The molecule has 0 saturated carbocycles. The van der Waals surface area contributed by atoms with Gasteiger partial charge in [-0.05, 0) is 44.2 Å². The van der Waals surface area contributed by atoms with Gasteiger partial charge in [-0.3, -0.25) is 4.79 Å². The SMILES string of the molecule is CCOC(=O)C(C)OC(=O)C(C)c1ccc(CC(C)C)cc1. The third-order valence-corrected chi connectivity index (χ3v) is 3.39. The van der Waals surface area contributed by atoms with E-state index in [4.69, 9.17) is 9.47 Å². The third kappa shape index (κ3) is 5.51. The largest absolute Gasteiger partial charge is 0.463 e. The van der Waals surface area contributed by atoms with Crippen LogP contribution in [0.1, 0.15) is 51.7 Å². The molecular formula is C18H26O4. The fourth-order valence-electron chi connectivity index (χ4n) is 2.13. The summed E-state index contributed by atoms with van der Waals surface area (Å²) in [6.45, 7) is 9.63. The lowest BCUT2D eigenvalue weighted by Gasteiger charge is -2.16. The van der Waals surface area contributed by atoms with Gasteiger partial charge in [0.05, 0.1) is 12.5 Å². The number of benzene rings is 1. The summed E-state index contributed by atoms with van der Waals surface area (Å²) in [5, 5.41) is 0. The Bertz CT molecular complexity index is 490. The lowest BCUT2D eigenvalue weighted by atomic mass is 9.97. The summed E-state index contributed by atoms with van der Waals surface area (Å²) in [6.07, 6.45) is 0.133. The Kier molecular flexibility index (Phi) is 7.09. The minimum absolute atomic E-state index is 0.271. The molecule has 4 heteroatoms. The van der Waals surface area contributed by atoms with Crippen molar-refractivity contribution in [2.24, 2.45) is 5.92 Å². The van der Waals surface area contributed by atoms with E-state index in [1.807, 2.05) is 24.3 Å². The summed E-state index contributed by atoms with van der Waals surface area (Å²) in [6, 6.07) is 7.96. The van der Waals surface area contributed by atoms with Crippen LogP contribution in [0.5, 0.6) is 0 Å². The maximum absolute atomic E-state index is 12.1. The molecular weight excluding hydrogens is 280 g/mol. The molecule has 0 aliphatic rings. The number of ether oxygens (including phenoxy) is 2. The van der Waals surface area contributed by atoms with Crippen molar-refractivity contribution in [2.75, 3.05) is 6.61 Å². The molecule has 0 aromatic heterocycles. The molecule has 2 atom stereocenters. The van der Waals surface area contributed by atoms with Crippen LogP contribution >= 0.6 is 0 Å². The van der Waals surface area contributed by atoms with Gasteiger partial charge < -0.3 is 9.47 Å². The van der Waals surface area contributed by atoms with Crippen molar-refractivity contribution in [3.05, 3.63) is 35.4 Å². The van der Waals surface area contributed by atoms with E-state index in [1.165, 1.54) is 12.5 Å².